The summed E-state index contributed by atoms with van der Waals surface area (Å²) >= 11 is 0. The maximum atomic E-state index is 12.2. The van der Waals surface area contributed by atoms with Gasteiger partial charge in [0.2, 0.25) is 0 Å². The van der Waals surface area contributed by atoms with Crippen molar-refractivity contribution in [3.05, 3.63) is 34.5 Å². The second-order valence-corrected chi connectivity index (χ2v) is 5.77. The molecule has 0 aliphatic rings. The number of fused-ring (bicyclic) bond motifs is 1. The summed E-state index contributed by atoms with van der Waals surface area (Å²) in [4.78, 5) is 13.3. The van der Waals surface area contributed by atoms with E-state index in [0.29, 0.717) is 10.9 Å². The van der Waals surface area contributed by atoms with Gasteiger partial charge in [0.05, 0.1) is 21.1 Å². The largest absolute Gasteiger partial charge is 0.361 e. The number of aromatic amines is 1. The number of nitro benzene ring substituents is 1. The van der Waals surface area contributed by atoms with Crippen LogP contribution in [0.25, 0.3) is 10.9 Å². The Morgan fingerprint density at radius 3 is 2.56 bits per heavy atom. The number of nitrogens with one attached hydrogen (secondary N) is 1. The average molecular weight is 270 g/mol. The molecular formula is C10H11N2O5P. The molecule has 7 nitrogen and oxygen atoms in total. The van der Waals surface area contributed by atoms with E-state index in [4.69, 9.17) is 9.05 Å². The van der Waals surface area contributed by atoms with E-state index in [1.165, 1.54) is 26.4 Å². The van der Waals surface area contributed by atoms with Crippen LogP contribution in [0, 0.1) is 10.1 Å². The number of nitro groups is 1. The zero-order valence-corrected chi connectivity index (χ0v) is 10.6. The Hall–Kier alpha value is -1.69. The first-order valence-corrected chi connectivity index (χ1v) is 6.53. The third kappa shape index (κ3) is 1.92. The highest BCUT2D eigenvalue weighted by Gasteiger charge is 2.28. The van der Waals surface area contributed by atoms with E-state index in [0.717, 1.165) is 0 Å². The number of rotatable bonds is 4. The lowest BCUT2D eigenvalue weighted by atomic mass is 10.2. The van der Waals surface area contributed by atoms with Gasteiger partial charge in [0.25, 0.3) is 5.69 Å². The number of non-ortho nitro benzene ring substituents is 1. The molecule has 1 N–H and O–H groups in total. The Morgan fingerprint density at radius 2 is 2.00 bits per heavy atom. The van der Waals surface area contributed by atoms with Gasteiger partial charge in [0.15, 0.2) is 0 Å². The normalized spacial score (nSPS) is 11.9. The average Bonchev–Trinajstić information content (AvgIpc) is 2.84. The summed E-state index contributed by atoms with van der Waals surface area (Å²) in [6.45, 7) is 0. The molecule has 0 unspecified atom stereocenters. The van der Waals surface area contributed by atoms with Crippen molar-refractivity contribution < 1.29 is 18.5 Å². The van der Waals surface area contributed by atoms with E-state index < -0.39 is 12.5 Å². The Balaban J connectivity index is 2.74. The lowest BCUT2D eigenvalue weighted by Gasteiger charge is -2.13. The van der Waals surface area contributed by atoms with Crippen molar-refractivity contribution >= 4 is 29.5 Å². The van der Waals surface area contributed by atoms with Crippen molar-refractivity contribution in [3.63, 3.8) is 0 Å². The maximum absolute atomic E-state index is 12.2. The SMILES string of the molecule is COP(=O)(OC)c1cc([N+](=O)[O-])c2cc[nH]c2c1. The number of nitrogens with zero attached hydrogens (tertiary/aromatic N) is 1. The highest BCUT2D eigenvalue weighted by atomic mass is 31.2. The van der Waals surface area contributed by atoms with Gasteiger partial charge < -0.3 is 14.0 Å². The molecule has 0 saturated carbocycles. The minimum Gasteiger partial charge on any atom is -0.361 e. The van der Waals surface area contributed by atoms with E-state index in [2.05, 4.69) is 4.98 Å². The Morgan fingerprint density at radius 1 is 1.33 bits per heavy atom. The fourth-order valence-corrected chi connectivity index (χ4v) is 2.87. The summed E-state index contributed by atoms with van der Waals surface area (Å²) in [6.07, 6.45) is 1.58. The van der Waals surface area contributed by atoms with E-state index in [1.807, 2.05) is 0 Å². The molecule has 0 bridgehead atoms. The van der Waals surface area contributed by atoms with Crippen LogP contribution < -0.4 is 5.30 Å². The number of hydrogen-bond donors (Lipinski definition) is 1. The Labute approximate surface area is 102 Å². The van der Waals surface area contributed by atoms with Crippen LogP contribution in [0.3, 0.4) is 0 Å². The van der Waals surface area contributed by atoms with Gasteiger partial charge in [0.1, 0.15) is 0 Å². The molecule has 0 atom stereocenters. The third-order valence-corrected chi connectivity index (χ3v) is 4.48. The molecule has 0 amide bonds. The van der Waals surface area contributed by atoms with E-state index in [1.54, 1.807) is 12.3 Å². The molecule has 2 rings (SSSR count). The highest BCUT2D eigenvalue weighted by molar-refractivity contribution is 7.62. The van der Waals surface area contributed by atoms with Gasteiger partial charge in [0, 0.05) is 26.5 Å². The molecule has 0 radical (unpaired) electrons. The van der Waals surface area contributed by atoms with Crippen LogP contribution in [0.15, 0.2) is 24.4 Å². The van der Waals surface area contributed by atoms with Crippen LogP contribution in [-0.2, 0) is 13.6 Å². The lowest BCUT2D eigenvalue weighted by molar-refractivity contribution is -0.383. The van der Waals surface area contributed by atoms with Gasteiger partial charge in [-0.2, -0.15) is 0 Å². The molecule has 1 heterocycles. The number of hydrogen-bond acceptors (Lipinski definition) is 5. The van der Waals surface area contributed by atoms with Crippen molar-refractivity contribution in [1.82, 2.24) is 4.98 Å². The molecule has 0 aliphatic heterocycles. The summed E-state index contributed by atoms with van der Waals surface area (Å²) < 4.78 is 21.9. The smallest absolute Gasteiger partial charge is 0.361 e. The quantitative estimate of drug-likeness (QED) is 0.522. The van der Waals surface area contributed by atoms with Gasteiger partial charge in [-0.25, -0.2) is 0 Å². The topological polar surface area (TPSA) is 94.5 Å². The molecule has 0 spiro atoms. The lowest BCUT2D eigenvalue weighted by Crippen LogP contribution is -2.09. The fraction of sp³-hybridized carbons (Fsp3) is 0.200. The maximum Gasteiger partial charge on any atom is 0.361 e. The molecule has 2 aromatic rings. The molecule has 0 aliphatic carbocycles. The zero-order valence-electron chi connectivity index (χ0n) is 9.75. The standard InChI is InChI=1S/C10H11N2O5P/c1-16-18(15,17-2)7-5-9-8(3-4-11-9)10(6-7)12(13)14/h3-6,11H,1-2H3. The van der Waals surface area contributed by atoms with E-state index >= 15 is 0 Å². The van der Waals surface area contributed by atoms with Crippen LogP contribution in [-0.4, -0.2) is 24.1 Å². The van der Waals surface area contributed by atoms with E-state index in [-0.39, 0.29) is 11.0 Å². The van der Waals surface area contributed by atoms with Crippen molar-refractivity contribution in [1.29, 1.82) is 0 Å². The molecule has 1 aromatic heterocycles. The Kier molecular flexibility index (Phi) is 3.21. The zero-order chi connectivity index (χ0) is 13.3. The third-order valence-electron chi connectivity index (χ3n) is 2.63. The van der Waals surface area contributed by atoms with Crippen LogP contribution in [0.4, 0.5) is 5.69 Å². The van der Waals surface area contributed by atoms with E-state index in [9.17, 15) is 14.7 Å². The Bertz CT molecular complexity index is 643. The second-order valence-electron chi connectivity index (χ2n) is 3.52. The van der Waals surface area contributed by atoms with Gasteiger partial charge in [-0.3, -0.25) is 14.7 Å². The summed E-state index contributed by atoms with van der Waals surface area (Å²) in [6, 6.07) is 4.32. The van der Waals surface area contributed by atoms with Gasteiger partial charge in [-0.15, -0.1) is 0 Å². The number of benzene rings is 1. The molecule has 96 valence electrons. The fourth-order valence-electron chi connectivity index (χ4n) is 1.73. The summed E-state index contributed by atoms with van der Waals surface area (Å²) in [5.74, 6) is 0. The number of aromatic nitrogens is 1. The van der Waals surface area contributed by atoms with Crippen molar-refractivity contribution in [2.75, 3.05) is 14.2 Å². The minimum absolute atomic E-state index is 0.141. The summed E-state index contributed by atoms with van der Waals surface area (Å²) in [5.41, 5.74) is 0.367. The van der Waals surface area contributed by atoms with Crippen molar-refractivity contribution in [2.24, 2.45) is 0 Å². The van der Waals surface area contributed by atoms with Crippen LogP contribution in [0.2, 0.25) is 0 Å². The minimum atomic E-state index is -3.50. The molecule has 1 aromatic carbocycles. The summed E-state index contributed by atoms with van der Waals surface area (Å²) in [5, 5.41) is 11.6. The van der Waals surface area contributed by atoms with Gasteiger partial charge >= 0.3 is 7.60 Å². The predicted molar refractivity (Wildman–Crippen MR) is 66.2 cm³/mol. The number of H-pyrrole nitrogens is 1. The molecule has 0 fully saturated rings. The first-order valence-electron chi connectivity index (χ1n) is 4.99. The highest BCUT2D eigenvalue weighted by Crippen LogP contribution is 2.46. The van der Waals surface area contributed by atoms with Gasteiger partial charge in [-0.1, -0.05) is 0 Å². The first-order chi connectivity index (χ1) is 8.51. The van der Waals surface area contributed by atoms with Crippen LogP contribution in [0.1, 0.15) is 0 Å². The molecular weight excluding hydrogens is 259 g/mol. The van der Waals surface area contributed by atoms with Gasteiger partial charge in [-0.05, 0) is 12.1 Å². The van der Waals surface area contributed by atoms with Crippen LogP contribution >= 0.6 is 7.60 Å². The molecule has 18 heavy (non-hydrogen) atoms. The monoisotopic (exact) mass is 270 g/mol. The molecule has 8 heteroatoms. The second kappa shape index (κ2) is 4.53. The predicted octanol–water partition coefficient (Wildman–Crippen LogP) is 2.19. The first kappa shape index (κ1) is 12.8. The summed E-state index contributed by atoms with van der Waals surface area (Å²) in [7, 11) is -1.04. The molecule has 0 saturated heterocycles. The van der Waals surface area contributed by atoms with Crippen molar-refractivity contribution in [3.8, 4) is 0 Å². The van der Waals surface area contributed by atoms with Crippen LogP contribution in [0.5, 0.6) is 0 Å². The van der Waals surface area contributed by atoms with Crippen molar-refractivity contribution in [2.45, 2.75) is 0 Å².